The van der Waals surface area contributed by atoms with E-state index < -0.39 is 0 Å². The fourth-order valence-electron chi connectivity index (χ4n) is 1.32. The first-order valence-corrected chi connectivity index (χ1v) is 5.70. The quantitative estimate of drug-likeness (QED) is 0.506. The maximum atomic E-state index is 11.8. The lowest BCUT2D eigenvalue weighted by atomic mass is 10.1. The van der Waals surface area contributed by atoms with Crippen molar-refractivity contribution in [2.45, 2.75) is 18.9 Å². The van der Waals surface area contributed by atoms with E-state index in [2.05, 4.69) is 32.6 Å². The first-order chi connectivity index (χ1) is 7.70. The summed E-state index contributed by atoms with van der Waals surface area (Å²) in [5.74, 6) is -0.115. The van der Waals surface area contributed by atoms with Crippen LogP contribution in [-0.4, -0.2) is 23.4 Å². The number of halogens is 1. The third-order valence-corrected chi connectivity index (χ3v) is 2.99. The molecule has 0 bridgehead atoms. The van der Waals surface area contributed by atoms with Crippen molar-refractivity contribution in [1.29, 1.82) is 0 Å². The smallest absolute Gasteiger partial charge is 0.252 e. The van der Waals surface area contributed by atoms with Crippen molar-refractivity contribution in [2.24, 2.45) is 5.16 Å². The van der Waals surface area contributed by atoms with Gasteiger partial charge < -0.3 is 10.5 Å². The van der Waals surface area contributed by atoms with Crippen LogP contribution < -0.4 is 5.32 Å². The van der Waals surface area contributed by atoms with Gasteiger partial charge in [0.15, 0.2) is 0 Å². The molecule has 1 fully saturated rings. The van der Waals surface area contributed by atoms with Crippen LogP contribution in [0, 0.1) is 0 Å². The van der Waals surface area contributed by atoms with E-state index in [1.165, 1.54) is 0 Å². The van der Waals surface area contributed by atoms with Gasteiger partial charge in [0.2, 0.25) is 0 Å². The van der Waals surface area contributed by atoms with Crippen LogP contribution in [0.4, 0.5) is 0 Å². The zero-order valence-corrected chi connectivity index (χ0v) is 9.99. The summed E-state index contributed by atoms with van der Waals surface area (Å²) in [5, 5.41) is 14.1. The number of carbonyl (C=O) groups excluding carboxylic acids is 1. The van der Waals surface area contributed by atoms with Crippen LogP contribution >= 0.6 is 15.9 Å². The number of nitrogens with zero attached hydrogens (tertiary/aromatic N) is 1. The average molecular weight is 282 g/mol. The molecule has 1 aromatic carbocycles. The monoisotopic (exact) mass is 281 g/mol. The van der Waals surface area contributed by atoms with Crippen molar-refractivity contribution in [1.82, 2.24) is 5.32 Å². The van der Waals surface area contributed by atoms with Gasteiger partial charge in [0.1, 0.15) is 6.21 Å². The molecule has 0 heterocycles. The van der Waals surface area contributed by atoms with Crippen LogP contribution in [0.1, 0.15) is 28.8 Å². The van der Waals surface area contributed by atoms with Crippen LogP contribution in [0.25, 0.3) is 0 Å². The SMILES string of the molecule is O=C(NC1CC1)c1cc(/[C]=N/O)ccc1Br. The lowest BCUT2D eigenvalue weighted by Gasteiger charge is -2.06. The lowest BCUT2D eigenvalue weighted by Crippen LogP contribution is -2.25. The minimum absolute atomic E-state index is 0.115. The van der Waals surface area contributed by atoms with Gasteiger partial charge in [-0.05, 0) is 40.9 Å². The third-order valence-electron chi connectivity index (χ3n) is 2.30. The van der Waals surface area contributed by atoms with E-state index in [0.29, 0.717) is 21.6 Å². The fourth-order valence-corrected chi connectivity index (χ4v) is 1.74. The molecule has 0 unspecified atom stereocenters. The Bertz CT molecular complexity index is 442. The molecule has 2 N–H and O–H groups in total. The van der Waals surface area contributed by atoms with Crippen LogP contribution in [0.2, 0.25) is 0 Å². The molecule has 0 aliphatic heterocycles. The van der Waals surface area contributed by atoms with E-state index in [1.54, 1.807) is 18.2 Å². The van der Waals surface area contributed by atoms with Gasteiger partial charge in [0.05, 0.1) is 5.56 Å². The van der Waals surface area contributed by atoms with Gasteiger partial charge in [-0.3, -0.25) is 4.79 Å². The Balaban J connectivity index is 2.22. The second-order valence-corrected chi connectivity index (χ2v) is 4.51. The number of benzene rings is 1. The number of hydrogen-bond acceptors (Lipinski definition) is 3. The molecule has 4 nitrogen and oxygen atoms in total. The summed E-state index contributed by atoms with van der Waals surface area (Å²) >= 11 is 3.31. The molecule has 1 aliphatic carbocycles. The first kappa shape index (κ1) is 11.1. The number of nitrogens with one attached hydrogen (secondary N) is 1. The highest BCUT2D eigenvalue weighted by Crippen LogP contribution is 2.22. The minimum atomic E-state index is -0.115. The molecule has 1 radical (unpaired) electrons. The van der Waals surface area contributed by atoms with Gasteiger partial charge in [0.25, 0.3) is 5.91 Å². The molecular formula is C11H10BrN2O2. The van der Waals surface area contributed by atoms with Crippen LogP contribution in [-0.2, 0) is 0 Å². The van der Waals surface area contributed by atoms with E-state index >= 15 is 0 Å². The van der Waals surface area contributed by atoms with E-state index in [9.17, 15) is 4.79 Å². The molecule has 0 atom stereocenters. The first-order valence-electron chi connectivity index (χ1n) is 4.91. The van der Waals surface area contributed by atoms with Crippen LogP contribution in [0.3, 0.4) is 0 Å². The summed E-state index contributed by atoms with van der Waals surface area (Å²) in [4.78, 5) is 11.8. The third kappa shape index (κ3) is 2.61. The summed E-state index contributed by atoms with van der Waals surface area (Å²) in [6.45, 7) is 0. The van der Waals surface area contributed by atoms with Crippen molar-refractivity contribution in [3.05, 3.63) is 33.8 Å². The topological polar surface area (TPSA) is 61.7 Å². The molecule has 16 heavy (non-hydrogen) atoms. The summed E-state index contributed by atoms with van der Waals surface area (Å²) < 4.78 is 0.717. The summed E-state index contributed by atoms with van der Waals surface area (Å²) in [6, 6.07) is 5.38. The maximum Gasteiger partial charge on any atom is 0.252 e. The normalized spacial score (nSPS) is 15.3. The summed E-state index contributed by atoms with van der Waals surface area (Å²) in [5.41, 5.74) is 1.09. The molecular weight excluding hydrogens is 272 g/mol. The Hall–Kier alpha value is -1.36. The van der Waals surface area contributed by atoms with Crippen molar-refractivity contribution < 1.29 is 10.0 Å². The highest BCUT2D eigenvalue weighted by atomic mass is 79.9. The zero-order chi connectivity index (χ0) is 11.5. The van der Waals surface area contributed by atoms with Crippen molar-refractivity contribution in [3.8, 4) is 0 Å². The van der Waals surface area contributed by atoms with Gasteiger partial charge in [-0.1, -0.05) is 11.2 Å². The molecule has 1 aromatic rings. The molecule has 5 heteroatoms. The van der Waals surface area contributed by atoms with E-state index in [4.69, 9.17) is 5.21 Å². The van der Waals surface area contributed by atoms with E-state index in [1.807, 2.05) is 0 Å². The van der Waals surface area contributed by atoms with E-state index in [-0.39, 0.29) is 5.91 Å². The molecule has 0 saturated heterocycles. The Morgan fingerprint density at radius 1 is 1.56 bits per heavy atom. The highest BCUT2D eigenvalue weighted by molar-refractivity contribution is 9.10. The zero-order valence-electron chi connectivity index (χ0n) is 8.40. The maximum absolute atomic E-state index is 11.8. The van der Waals surface area contributed by atoms with Crippen molar-refractivity contribution in [2.75, 3.05) is 0 Å². The van der Waals surface area contributed by atoms with Gasteiger partial charge in [-0.2, -0.15) is 0 Å². The predicted octanol–water partition coefficient (Wildman–Crippen LogP) is 2.03. The highest BCUT2D eigenvalue weighted by Gasteiger charge is 2.24. The fraction of sp³-hybridized carbons (Fsp3) is 0.273. The predicted molar refractivity (Wildman–Crippen MR) is 63.0 cm³/mol. The number of carbonyl (C=O) groups is 1. The minimum Gasteiger partial charge on any atom is -0.410 e. The molecule has 1 aliphatic rings. The standard InChI is InChI=1S/C11H10BrN2O2/c12-10-4-1-7(6-13-16)5-9(10)11(15)14-8-2-3-8/h1,4-5,8,16H,2-3H2,(H,14,15). The molecule has 1 amide bonds. The number of amides is 1. The largest absolute Gasteiger partial charge is 0.410 e. The lowest BCUT2D eigenvalue weighted by molar-refractivity contribution is 0.0950. The summed E-state index contributed by atoms with van der Waals surface area (Å²) in [7, 11) is 0. The molecule has 83 valence electrons. The number of rotatable bonds is 3. The van der Waals surface area contributed by atoms with Gasteiger partial charge in [-0.25, -0.2) is 0 Å². The second-order valence-electron chi connectivity index (χ2n) is 3.65. The van der Waals surface area contributed by atoms with Gasteiger partial charge >= 0.3 is 0 Å². The van der Waals surface area contributed by atoms with Crippen LogP contribution in [0.15, 0.2) is 27.8 Å². The average Bonchev–Trinajstić information content (AvgIpc) is 3.05. The molecule has 2 rings (SSSR count). The Morgan fingerprint density at radius 3 is 2.94 bits per heavy atom. The molecule has 0 aromatic heterocycles. The Kier molecular flexibility index (Phi) is 3.24. The van der Waals surface area contributed by atoms with E-state index in [0.717, 1.165) is 12.8 Å². The Labute approximate surface area is 101 Å². The molecule has 1 saturated carbocycles. The second kappa shape index (κ2) is 4.65. The number of hydrogen-bond donors (Lipinski definition) is 2. The van der Waals surface area contributed by atoms with Crippen LogP contribution in [0.5, 0.6) is 0 Å². The molecule has 0 spiro atoms. The van der Waals surface area contributed by atoms with Crippen molar-refractivity contribution >= 4 is 28.1 Å². The summed E-state index contributed by atoms with van der Waals surface area (Å²) in [6.07, 6.45) is 4.48. The van der Waals surface area contributed by atoms with Crippen molar-refractivity contribution in [3.63, 3.8) is 0 Å². The van der Waals surface area contributed by atoms with Gasteiger partial charge in [0, 0.05) is 16.1 Å². The van der Waals surface area contributed by atoms with Gasteiger partial charge in [-0.15, -0.1) is 0 Å². The Morgan fingerprint density at radius 2 is 2.31 bits per heavy atom.